The standard InChI is InChI=1S/C17H13Cl2N3S/c18-13-5-3-6-14(19)12(13)10-23-17-21-15-7-2-1-4-11(15)16-8-9-20-22(16)17/h1-7,9,16H,8,10H2. The lowest BCUT2D eigenvalue weighted by Gasteiger charge is -2.29. The van der Waals surface area contributed by atoms with Gasteiger partial charge in [-0.1, -0.05) is 59.2 Å². The van der Waals surface area contributed by atoms with E-state index in [2.05, 4.69) is 11.2 Å². The molecule has 2 aliphatic rings. The second-order valence-electron chi connectivity index (χ2n) is 5.34. The second kappa shape index (κ2) is 6.19. The van der Waals surface area contributed by atoms with Gasteiger partial charge in [-0.3, -0.25) is 0 Å². The van der Waals surface area contributed by atoms with Gasteiger partial charge in [0.25, 0.3) is 0 Å². The van der Waals surface area contributed by atoms with Gasteiger partial charge in [-0.15, -0.1) is 0 Å². The number of amidine groups is 1. The number of para-hydroxylation sites is 1. The molecular formula is C17H13Cl2N3S. The summed E-state index contributed by atoms with van der Waals surface area (Å²) in [5.74, 6) is 0.665. The molecule has 0 aromatic heterocycles. The van der Waals surface area contributed by atoms with Crippen molar-refractivity contribution in [2.45, 2.75) is 18.2 Å². The number of rotatable bonds is 2. The molecule has 0 saturated carbocycles. The Morgan fingerprint density at radius 3 is 2.70 bits per heavy atom. The predicted molar refractivity (Wildman–Crippen MR) is 99.0 cm³/mol. The lowest BCUT2D eigenvalue weighted by molar-refractivity contribution is 0.372. The molecule has 0 aliphatic carbocycles. The lowest BCUT2D eigenvalue weighted by atomic mass is 10.0. The molecule has 0 saturated heterocycles. The van der Waals surface area contributed by atoms with Gasteiger partial charge in [0.15, 0.2) is 5.17 Å². The van der Waals surface area contributed by atoms with Gasteiger partial charge in [0.05, 0.1) is 11.7 Å². The fraction of sp³-hybridized carbons (Fsp3) is 0.176. The average Bonchev–Trinajstić information content (AvgIpc) is 3.04. The van der Waals surface area contributed by atoms with Crippen molar-refractivity contribution < 1.29 is 0 Å². The fourth-order valence-electron chi connectivity index (χ4n) is 2.79. The van der Waals surface area contributed by atoms with Crippen LogP contribution in [0.4, 0.5) is 5.69 Å². The van der Waals surface area contributed by atoms with E-state index in [1.165, 1.54) is 5.56 Å². The van der Waals surface area contributed by atoms with E-state index in [0.29, 0.717) is 15.8 Å². The molecule has 0 spiro atoms. The van der Waals surface area contributed by atoms with E-state index in [0.717, 1.165) is 22.8 Å². The minimum atomic E-state index is 0.243. The number of fused-ring (bicyclic) bond motifs is 3. The first-order valence-electron chi connectivity index (χ1n) is 7.29. The summed E-state index contributed by atoms with van der Waals surface area (Å²) in [5, 5.41) is 8.74. The van der Waals surface area contributed by atoms with Crippen molar-refractivity contribution in [1.82, 2.24) is 5.01 Å². The Bertz CT molecular complexity index is 799. The number of aliphatic imine (C=N–C) groups is 1. The number of hydrogen-bond donors (Lipinski definition) is 0. The van der Waals surface area contributed by atoms with Crippen LogP contribution in [0.2, 0.25) is 10.0 Å². The van der Waals surface area contributed by atoms with Crippen LogP contribution < -0.4 is 0 Å². The largest absolute Gasteiger partial charge is 0.235 e. The molecule has 0 fully saturated rings. The Kier molecular flexibility index (Phi) is 4.05. The molecule has 1 unspecified atom stereocenters. The van der Waals surface area contributed by atoms with Crippen molar-refractivity contribution in [3.05, 3.63) is 63.6 Å². The Morgan fingerprint density at radius 1 is 1.09 bits per heavy atom. The summed E-state index contributed by atoms with van der Waals surface area (Å²) in [6, 6.07) is 14.1. The van der Waals surface area contributed by atoms with Crippen LogP contribution in [0.5, 0.6) is 0 Å². The summed E-state index contributed by atoms with van der Waals surface area (Å²) in [7, 11) is 0. The van der Waals surface area contributed by atoms with E-state index in [1.807, 2.05) is 47.6 Å². The average molecular weight is 362 g/mol. The van der Waals surface area contributed by atoms with Crippen LogP contribution in [0, 0.1) is 0 Å². The van der Waals surface area contributed by atoms with Crippen molar-refractivity contribution in [3.8, 4) is 0 Å². The molecule has 23 heavy (non-hydrogen) atoms. The van der Waals surface area contributed by atoms with Crippen LogP contribution >= 0.6 is 35.0 Å². The Morgan fingerprint density at radius 2 is 1.87 bits per heavy atom. The van der Waals surface area contributed by atoms with Crippen molar-refractivity contribution in [1.29, 1.82) is 0 Å². The molecule has 3 nitrogen and oxygen atoms in total. The topological polar surface area (TPSA) is 28.0 Å². The minimum Gasteiger partial charge on any atom is -0.235 e. The minimum absolute atomic E-state index is 0.243. The third-order valence-corrected chi connectivity index (χ3v) is 5.62. The summed E-state index contributed by atoms with van der Waals surface area (Å²) in [6.45, 7) is 0. The maximum Gasteiger partial charge on any atom is 0.185 e. The Balaban J connectivity index is 1.64. The number of thioether (sulfide) groups is 1. The van der Waals surface area contributed by atoms with Crippen LogP contribution in [-0.4, -0.2) is 16.4 Å². The van der Waals surface area contributed by atoms with Crippen LogP contribution in [-0.2, 0) is 5.75 Å². The van der Waals surface area contributed by atoms with E-state index in [-0.39, 0.29) is 6.04 Å². The van der Waals surface area contributed by atoms with Crippen molar-refractivity contribution in [2.24, 2.45) is 10.1 Å². The zero-order chi connectivity index (χ0) is 15.8. The van der Waals surface area contributed by atoms with E-state index in [4.69, 9.17) is 28.2 Å². The molecule has 1 atom stereocenters. The summed E-state index contributed by atoms with van der Waals surface area (Å²) < 4.78 is 0. The van der Waals surface area contributed by atoms with Crippen molar-refractivity contribution >= 4 is 52.0 Å². The summed E-state index contributed by atoms with van der Waals surface area (Å²) in [4.78, 5) is 4.77. The smallest absolute Gasteiger partial charge is 0.185 e. The van der Waals surface area contributed by atoms with E-state index in [9.17, 15) is 0 Å². The highest BCUT2D eigenvalue weighted by atomic mass is 35.5. The van der Waals surface area contributed by atoms with E-state index in [1.54, 1.807) is 11.8 Å². The maximum absolute atomic E-state index is 6.26. The molecule has 6 heteroatoms. The van der Waals surface area contributed by atoms with Gasteiger partial charge in [0, 0.05) is 34.0 Å². The summed E-state index contributed by atoms with van der Waals surface area (Å²) in [6.07, 6.45) is 2.86. The second-order valence-corrected chi connectivity index (χ2v) is 7.09. The van der Waals surface area contributed by atoms with Crippen LogP contribution in [0.1, 0.15) is 23.6 Å². The van der Waals surface area contributed by atoms with Crippen molar-refractivity contribution in [2.75, 3.05) is 0 Å². The predicted octanol–water partition coefficient (Wildman–Crippen LogP) is 5.66. The highest BCUT2D eigenvalue weighted by molar-refractivity contribution is 8.13. The number of hydrazone groups is 1. The molecule has 2 aromatic rings. The maximum atomic E-state index is 6.26. The van der Waals surface area contributed by atoms with E-state index >= 15 is 0 Å². The molecule has 0 radical (unpaired) electrons. The van der Waals surface area contributed by atoms with Gasteiger partial charge in [-0.25, -0.2) is 10.0 Å². The van der Waals surface area contributed by atoms with Crippen LogP contribution in [0.25, 0.3) is 0 Å². The zero-order valence-electron chi connectivity index (χ0n) is 12.1. The first-order valence-corrected chi connectivity index (χ1v) is 9.03. The molecule has 2 aromatic carbocycles. The van der Waals surface area contributed by atoms with Gasteiger partial charge in [-0.05, 0) is 23.8 Å². The monoisotopic (exact) mass is 361 g/mol. The van der Waals surface area contributed by atoms with Gasteiger partial charge in [-0.2, -0.15) is 5.10 Å². The Hall–Kier alpha value is -1.49. The van der Waals surface area contributed by atoms with Gasteiger partial charge in [0.1, 0.15) is 0 Å². The number of halogens is 2. The van der Waals surface area contributed by atoms with Crippen LogP contribution in [0.15, 0.2) is 52.6 Å². The lowest BCUT2D eigenvalue weighted by Crippen LogP contribution is -2.27. The van der Waals surface area contributed by atoms with Crippen molar-refractivity contribution in [3.63, 3.8) is 0 Å². The quantitative estimate of drug-likeness (QED) is 0.689. The first kappa shape index (κ1) is 15.1. The molecule has 0 bridgehead atoms. The summed E-state index contributed by atoms with van der Waals surface area (Å²) >= 11 is 14.1. The molecule has 2 heterocycles. The third kappa shape index (κ3) is 2.75. The Labute approximate surface area is 149 Å². The number of benzene rings is 2. The molecule has 2 aliphatic heterocycles. The third-order valence-electron chi connectivity index (χ3n) is 3.95. The highest BCUT2D eigenvalue weighted by Gasteiger charge is 2.32. The number of hydrogen-bond acceptors (Lipinski definition) is 4. The van der Waals surface area contributed by atoms with E-state index < -0.39 is 0 Å². The van der Waals surface area contributed by atoms with Crippen LogP contribution in [0.3, 0.4) is 0 Å². The number of nitrogens with zero attached hydrogens (tertiary/aromatic N) is 3. The van der Waals surface area contributed by atoms with Gasteiger partial charge < -0.3 is 0 Å². The van der Waals surface area contributed by atoms with Gasteiger partial charge >= 0.3 is 0 Å². The highest BCUT2D eigenvalue weighted by Crippen LogP contribution is 2.42. The molecule has 0 N–H and O–H groups in total. The molecule has 4 rings (SSSR count). The SMILES string of the molecule is Clc1cccc(Cl)c1CSC1=Nc2ccccc2C2CC=NN12. The normalized spacial score (nSPS) is 18.6. The summed E-state index contributed by atoms with van der Waals surface area (Å²) in [5.41, 5.74) is 3.18. The first-order chi connectivity index (χ1) is 11.2. The van der Waals surface area contributed by atoms with Gasteiger partial charge in [0.2, 0.25) is 0 Å². The molecule has 0 amide bonds. The molecule has 116 valence electrons. The molecular weight excluding hydrogens is 349 g/mol. The zero-order valence-corrected chi connectivity index (χ0v) is 14.4. The fourth-order valence-corrected chi connectivity index (χ4v) is 4.53.